The van der Waals surface area contributed by atoms with Gasteiger partial charge in [-0.05, 0) is 44.2 Å². The number of oxime groups is 1. The smallest absolute Gasteiger partial charge is 0.143 e. The summed E-state index contributed by atoms with van der Waals surface area (Å²) in [6, 6.07) is 8.12. The summed E-state index contributed by atoms with van der Waals surface area (Å²) in [6.07, 6.45) is 1.10. The van der Waals surface area contributed by atoms with Crippen LogP contribution >= 0.6 is 0 Å². The Kier molecular flexibility index (Phi) is 4.11. The first-order chi connectivity index (χ1) is 13.4. The van der Waals surface area contributed by atoms with Crippen LogP contribution < -0.4 is 0 Å². The second-order valence-electron chi connectivity index (χ2n) is 6.34. The summed E-state index contributed by atoms with van der Waals surface area (Å²) in [5, 5.41) is 25.9. The van der Waals surface area contributed by atoms with Crippen LogP contribution in [0.2, 0.25) is 0 Å². The summed E-state index contributed by atoms with van der Waals surface area (Å²) in [6.45, 7) is 3.42. The Morgan fingerprint density at radius 2 is 1.86 bits per heavy atom. The lowest BCUT2D eigenvalue weighted by molar-refractivity contribution is 0.322. The van der Waals surface area contributed by atoms with Crippen molar-refractivity contribution < 1.29 is 23.6 Å². The fraction of sp³-hybridized carbons (Fsp3) is 0.100. The molecule has 2 N–H and O–H groups in total. The lowest BCUT2D eigenvalue weighted by atomic mass is 10.0. The second-order valence-corrected chi connectivity index (χ2v) is 6.34. The first kappa shape index (κ1) is 17.7. The van der Waals surface area contributed by atoms with Gasteiger partial charge in [-0.15, -0.1) is 0 Å². The fourth-order valence-electron chi connectivity index (χ4n) is 3.48. The third-order valence-electron chi connectivity index (χ3n) is 4.59. The van der Waals surface area contributed by atoms with Crippen molar-refractivity contribution in [2.24, 2.45) is 5.16 Å². The molecule has 0 atom stereocenters. The Hall–Kier alpha value is -3.68. The van der Waals surface area contributed by atoms with Crippen molar-refractivity contribution >= 4 is 17.1 Å². The van der Waals surface area contributed by atoms with Gasteiger partial charge < -0.3 is 19.4 Å². The summed E-state index contributed by atoms with van der Waals surface area (Å²) in [7, 11) is 0. The normalized spacial score (nSPS) is 11.7. The van der Waals surface area contributed by atoms with Crippen molar-refractivity contribution in [3.63, 3.8) is 0 Å². The molecular weight excluding hydrogens is 368 g/mol. The van der Waals surface area contributed by atoms with E-state index in [-0.39, 0.29) is 22.2 Å². The van der Waals surface area contributed by atoms with Crippen LogP contribution in [-0.2, 0) is 0 Å². The molecular formula is C20H15F2N3O3. The van der Waals surface area contributed by atoms with Crippen molar-refractivity contribution in [1.82, 2.24) is 9.72 Å². The highest BCUT2D eigenvalue weighted by atomic mass is 19.1. The van der Waals surface area contributed by atoms with Gasteiger partial charge in [0.1, 0.15) is 23.1 Å². The number of aromatic hydroxyl groups is 1. The van der Waals surface area contributed by atoms with Crippen LogP contribution in [0.3, 0.4) is 0 Å². The number of aromatic nitrogens is 2. The third-order valence-corrected chi connectivity index (χ3v) is 4.59. The maximum absolute atomic E-state index is 14.8. The number of rotatable bonds is 3. The molecule has 0 unspecified atom stereocenters. The Balaban J connectivity index is 2.25. The predicted molar refractivity (Wildman–Crippen MR) is 99.2 cm³/mol. The van der Waals surface area contributed by atoms with E-state index in [4.69, 9.17) is 4.52 Å². The lowest BCUT2D eigenvalue weighted by Crippen LogP contribution is -1.99. The maximum Gasteiger partial charge on any atom is 0.143 e. The topological polar surface area (TPSA) is 83.8 Å². The van der Waals surface area contributed by atoms with Crippen molar-refractivity contribution in [3.8, 4) is 22.7 Å². The number of nitrogens with zero attached hydrogens (tertiary/aromatic N) is 3. The SMILES string of the molecule is Cc1noc(C)c1-c1c(/C=N/O)c2c(F)cc(F)cc2n1-c1ccc(O)cc1. The summed E-state index contributed by atoms with van der Waals surface area (Å²) in [4.78, 5) is 0. The van der Waals surface area contributed by atoms with E-state index in [9.17, 15) is 19.1 Å². The third kappa shape index (κ3) is 2.61. The molecule has 0 saturated heterocycles. The van der Waals surface area contributed by atoms with Gasteiger partial charge in [0, 0.05) is 22.7 Å². The monoisotopic (exact) mass is 383 g/mol. The van der Waals surface area contributed by atoms with E-state index in [1.165, 1.54) is 18.2 Å². The minimum atomic E-state index is -0.796. The quantitative estimate of drug-likeness (QED) is 0.305. The van der Waals surface area contributed by atoms with Crippen LogP contribution in [0, 0.1) is 25.5 Å². The molecule has 0 aliphatic rings. The molecule has 0 bridgehead atoms. The van der Waals surface area contributed by atoms with Crippen LogP contribution in [0.1, 0.15) is 17.0 Å². The van der Waals surface area contributed by atoms with Crippen LogP contribution in [0.25, 0.3) is 27.8 Å². The van der Waals surface area contributed by atoms with E-state index in [1.807, 2.05) is 0 Å². The molecule has 2 aromatic heterocycles. The highest BCUT2D eigenvalue weighted by Gasteiger charge is 2.26. The molecule has 0 radical (unpaired) electrons. The van der Waals surface area contributed by atoms with E-state index >= 15 is 0 Å². The van der Waals surface area contributed by atoms with E-state index in [0.29, 0.717) is 28.4 Å². The summed E-state index contributed by atoms with van der Waals surface area (Å²) < 4.78 is 35.7. The number of hydrogen-bond acceptors (Lipinski definition) is 5. The molecule has 28 heavy (non-hydrogen) atoms. The van der Waals surface area contributed by atoms with Crippen molar-refractivity contribution in [3.05, 3.63) is 65.1 Å². The average Bonchev–Trinajstić information content (AvgIpc) is 3.13. The van der Waals surface area contributed by atoms with Gasteiger partial charge >= 0.3 is 0 Å². The number of benzene rings is 2. The van der Waals surface area contributed by atoms with E-state index < -0.39 is 11.6 Å². The molecule has 6 nitrogen and oxygen atoms in total. The van der Waals surface area contributed by atoms with E-state index in [1.54, 1.807) is 30.5 Å². The standard InChI is InChI=1S/C20H15F2N3O3/c1-10-18(11(2)28-24-10)20-15(9-23-27)19-16(22)7-12(21)8-17(19)25(20)13-3-5-14(26)6-4-13/h3-9,26-27H,1-2H3/b23-9+. The fourth-order valence-corrected chi connectivity index (χ4v) is 3.48. The van der Waals surface area contributed by atoms with Gasteiger partial charge in [0.25, 0.3) is 0 Å². The Labute approximate surface area is 157 Å². The number of phenols is 1. The van der Waals surface area contributed by atoms with Crippen molar-refractivity contribution in [1.29, 1.82) is 0 Å². The van der Waals surface area contributed by atoms with Crippen LogP contribution in [0.4, 0.5) is 8.78 Å². The van der Waals surface area contributed by atoms with Crippen LogP contribution in [-0.4, -0.2) is 26.3 Å². The molecule has 0 amide bonds. The number of hydrogen-bond donors (Lipinski definition) is 2. The van der Waals surface area contributed by atoms with Crippen LogP contribution in [0.5, 0.6) is 5.75 Å². The zero-order valence-electron chi connectivity index (χ0n) is 14.9. The Morgan fingerprint density at radius 1 is 1.14 bits per heavy atom. The van der Waals surface area contributed by atoms with Gasteiger partial charge in [-0.1, -0.05) is 10.3 Å². The Morgan fingerprint density at radius 3 is 2.46 bits per heavy atom. The molecule has 0 aliphatic carbocycles. The molecule has 142 valence electrons. The molecule has 8 heteroatoms. The van der Waals surface area contributed by atoms with Gasteiger partial charge in [-0.25, -0.2) is 8.78 Å². The van der Waals surface area contributed by atoms with Crippen LogP contribution in [0.15, 0.2) is 46.1 Å². The summed E-state index contributed by atoms with van der Waals surface area (Å²) in [5.41, 5.74) is 2.55. The lowest BCUT2D eigenvalue weighted by Gasteiger charge is -2.12. The molecule has 0 spiro atoms. The first-order valence-corrected chi connectivity index (χ1v) is 8.36. The molecule has 2 heterocycles. The minimum Gasteiger partial charge on any atom is -0.508 e. The number of aryl methyl sites for hydroxylation is 2. The highest BCUT2D eigenvalue weighted by Crippen LogP contribution is 2.40. The molecule has 4 aromatic rings. The van der Waals surface area contributed by atoms with Crippen molar-refractivity contribution in [2.45, 2.75) is 13.8 Å². The first-order valence-electron chi connectivity index (χ1n) is 8.36. The molecule has 4 rings (SSSR count). The number of halogens is 2. The predicted octanol–water partition coefficient (Wildman–Crippen LogP) is 4.69. The zero-order chi connectivity index (χ0) is 20.0. The Bertz CT molecular complexity index is 1200. The van der Waals surface area contributed by atoms with Gasteiger partial charge in [0.05, 0.1) is 28.7 Å². The van der Waals surface area contributed by atoms with Gasteiger partial charge in [-0.2, -0.15) is 0 Å². The zero-order valence-corrected chi connectivity index (χ0v) is 14.9. The molecule has 0 aliphatic heterocycles. The average molecular weight is 383 g/mol. The minimum absolute atomic E-state index is 0.0496. The molecule has 0 fully saturated rings. The van der Waals surface area contributed by atoms with E-state index in [0.717, 1.165) is 12.3 Å². The van der Waals surface area contributed by atoms with Gasteiger partial charge in [0.15, 0.2) is 0 Å². The van der Waals surface area contributed by atoms with Gasteiger partial charge in [0.2, 0.25) is 0 Å². The number of phenolic OH excluding ortho intramolecular Hbond substituents is 1. The summed E-state index contributed by atoms with van der Waals surface area (Å²) in [5.74, 6) is -1.03. The second kappa shape index (κ2) is 6.49. The van der Waals surface area contributed by atoms with E-state index in [2.05, 4.69) is 10.3 Å². The highest BCUT2D eigenvalue weighted by molar-refractivity contribution is 6.08. The largest absolute Gasteiger partial charge is 0.508 e. The summed E-state index contributed by atoms with van der Waals surface area (Å²) >= 11 is 0. The number of fused-ring (bicyclic) bond motifs is 1. The maximum atomic E-state index is 14.8. The molecule has 2 aromatic carbocycles. The van der Waals surface area contributed by atoms with Gasteiger partial charge in [-0.3, -0.25) is 0 Å². The van der Waals surface area contributed by atoms with Crippen molar-refractivity contribution in [2.75, 3.05) is 0 Å². The molecule has 0 saturated carbocycles.